The first kappa shape index (κ1) is 19.5. The summed E-state index contributed by atoms with van der Waals surface area (Å²) in [4.78, 5) is 18.0. The highest BCUT2D eigenvalue weighted by Gasteiger charge is 2.45. The van der Waals surface area contributed by atoms with Gasteiger partial charge in [-0.05, 0) is 13.8 Å². The number of hydrogen-bond acceptors (Lipinski definition) is 10. The van der Waals surface area contributed by atoms with Gasteiger partial charge >= 0.3 is 0 Å². The molecule has 1 aliphatic rings. The van der Waals surface area contributed by atoms with E-state index in [4.69, 9.17) is 9.57 Å². The van der Waals surface area contributed by atoms with Crippen molar-refractivity contribution in [3.63, 3.8) is 0 Å². The second kappa shape index (κ2) is 8.15. The van der Waals surface area contributed by atoms with E-state index in [1.807, 2.05) is 19.9 Å². The van der Waals surface area contributed by atoms with Crippen molar-refractivity contribution >= 4 is 17.0 Å². The van der Waals surface area contributed by atoms with Crippen molar-refractivity contribution in [2.75, 3.05) is 18.5 Å². The quantitative estimate of drug-likeness (QED) is 0.371. The van der Waals surface area contributed by atoms with Gasteiger partial charge < -0.3 is 35.3 Å². The molecular weight excluding hydrogens is 358 g/mol. The molecular formula is C16H23N5O6. The fourth-order valence-corrected chi connectivity index (χ4v) is 2.64. The first-order valence-electron chi connectivity index (χ1n) is 8.45. The predicted octanol–water partition coefficient (Wildman–Crippen LogP) is -1.57. The number of nitrogens with zero attached hydrogens (tertiary/aromatic N) is 4. The summed E-state index contributed by atoms with van der Waals surface area (Å²) in [5, 5.41) is 42.2. The number of aliphatic hydroxyl groups excluding tert-OH is 4. The van der Waals surface area contributed by atoms with Gasteiger partial charge in [-0.2, -0.15) is 0 Å². The molecule has 2 aromatic heterocycles. The Labute approximate surface area is 154 Å². The van der Waals surface area contributed by atoms with Crippen molar-refractivity contribution in [2.24, 2.45) is 0 Å². The lowest BCUT2D eigenvalue weighted by molar-refractivity contribution is -0.299. The maximum absolute atomic E-state index is 10.1. The van der Waals surface area contributed by atoms with Crippen LogP contribution in [0, 0.1) is 0 Å². The Morgan fingerprint density at radius 1 is 1.22 bits per heavy atom. The molecule has 0 saturated carbocycles. The Bertz CT molecular complexity index is 806. The number of aliphatic hydroxyl groups is 4. The van der Waals surface area contributed by atoms with E-state index in [2.05, 4.69) is 20.3 Å². The van der Waals surface area contributed by atoms with Crippen LogP contribution in [0.15, 0.2) is 24.3 Å². The zero-order valence-corrected chi connectivity index (χ0v) is 14.9. The third-order valence-electron chi connectivity index (χ3n) is 4.15. The van der Waals surface area contributed by atoms with Crippen LogP contribution in [0.25, 0.3) is 11.2 Å². The fourth-order valence-electron chi connectivity index (χ4n) is 2.64. The Hall–Kier alpha value is -2.31. The van der Waals surface area contributed by atoms with Gasteiger partial charge in [0.1, 0.15) is 37.1 Å². The zero-order valence-electron chi connectivity index (χ0n) is 14.9. The molecule has 0 radical (unpaired) electrons. The van der Waals surface area contributed by atoms with Crippen molar-refractivity contribution in [2.45, 2.75) is 44.6 Å². The van der Waals surface area contributed by atoms with Gasteiger partial charge in [-0.1, -0.05) is 11.6 Å². The van der Waals surface area contributed by atoms with Crippen molar-refractivity contribution in [3.8, 4) is 0 Å². The van der Waals surface area contributed by atoms with Gasteiger partial charge in [0.05, 0.1) is 6.61 Å². The predicted molar refractivity (Wildman–Crippen MR) is 93.6 cm³/mol. The average molecular weight is 381 g/mol. The molecule has 27 heavy (non-hydrogen) atoms. The summed E-state index contributed by atoms with van der Waals surface area (Å²) in [6.07, 6.45) is -2.28. The summed E-state index contributed by atoms with van der Waals surface area (Å²) in [7, 11) is 0. The molecule has 1 saturated heterocycles. The van der Waals surface area contributed by atoms with Crippen LogP contribution in [0.4, 0.5) is 5.82 Å². The molecule has 1 aliphatic heterocycles. The number of anilines is 1. The molecule has 0 aliphatic carbocycles. The van der Waals surface area contributed by atoms with E-state index in [1.165, 1.54) is 17.4 Å². The maximum atomic E-state index is 10.1. The van der Waals surface area contributed by atoms with E-state index in [1.54, 1.807) is 0 Å². The van der Waals surface area contributed by atoms with Gasteiger partial charge in [-0.3, -0.25) is 0 Å². The molecule has 1 fully saturated rings. The van der Waals surface area contributed by atoms with Crippen molar-refractivity contribution in [3.05, 3.63) is 24.3 Å². The molecule has 0 aromatic carbocycles. The molecule has 3 rings (SSSR count). The Balaban J connectivity index is 1.80. The molecule has 11 heteroatoms. The van der Waals surface area contributed by atoms with Crippen LogP contribution < -0.4 is 10.2 Å². The zero-order chi connectivity index (χ0) is 19.6. The lowest BCUT2D eigenvalue weighted by Gasteiger charge is -2.39. The van der Waals surface area contributed by atoms with E-state index in [0.29, 0.717) is 23.5 Å². The second-order valence-corrected chi connectivity index (χ2v) is 6.43. The first-order valence-corrected chi connectivity index (χ1v) is 8.45. The normalized spacial score (nSPS) is 28.1. The van der Waals surface area contributed by atoms with Crippen molar-refractivity contribution in [1.82, 2.24) is 19.7 Å². The summed E-state index contributed by atoms with van der Waals surface area (Å²) < 4.78 is 6.50. The monoisotopic (exact) mass is 381 g/mol. The number of rotatable bonds is 6. The Morgan fingerprint density at radius 3 is 2.70 bits per heavy atom. The van der Waals surface area contributed by atoms with Gasteiger partial charge in [0.15, 0.2) is 11.3 Å². The number of hydrogen-bond donors (Lipinski definition) is 5. The molecule has 2 aromatic rings. The minimum atomic E-state index is -1.54. The second-order valence-electron chi connectivity index (χ2n) is 6.43. The van der Waals surface area contributed by atoms with E-state index >= 15 is 0 Å². The number of imidazole rings is 1. The lowest BCUT2D eigenvalue weighted by atomic mass is 9.99. The molecule has 0 bridgehead atoms. The Kier molecular flexibility index (Phi) is 5.87. The van der Waals surface area contributed by atoms with E-state index in [-0.39, 0.29) is 0 Å². The third-order valence-corrected chi connectivity index (χ3v) is 4.15. The topological polar surface area (TPSA) is 155 Å². The van der Waals surface area contributed by atoms with Crippen LogP contribution >= 0.6 is 0 Å². The van der Waals surface area contributed by atoms with Gasteiger partial charge in [0, 0.05) is 6.54 Å². The average Bonchev–Trinajstić information content (AvgIpc) is 3.05. The highest BCUT2D eigenvalue weighted by Crippen LogP contribution is 2.22. The SMILES string of the molecule is CC(C)=CCNc1ncnc2c1ncn2O[C@@H]1O[C@H](CO)[C@@H](O)[C@H](O)[C@H]1O. The summed E-state index contributed by atoms with van der Waals surface area (Å²) in [6, 6.07) is 0. The van der Waals surface area contributed by atoms with Gasteiger partial charge in [-0.15, -0.1) is 4.73 Å². The summed E-state index contributed by atoms with van der Waals surface area (Å²) in [5.74, 6) is 0.508. The van der Waals surface area contributed by atoms with Gasteiger partial charge in [-0.25, -0.2) is 15.0 Å². The molecule has 11 nitrogen and oxygen atoms in total. The largest absolute Gasteiger partial charge is 0.394 e. The minimum Gasteiger partial charge on any atom is -0.394 e. The molecule has 0 amide bonds. The first-order chi connectivity index (χ1) is 12.9. The highest BCUT2D eigenvalue weighted by atomic mass is 16.8. The summed E-state index contributed by atoms with van der Waals surface area (Å²) in [5.41, 5.74) is 1.93. The molecule has 5 atom stereocenters. The van der Waals surface area contributed by atoms with Crippen LogP contribution in [-0.2, 0) is 4.74 Å². The maximum Gasteiger partial charge on any atom is 0.254 e. The van der Waals surface area contributed by atoms with Crippen LogP contribution in [0.1, 0.15) is 13.8 Å². The lowest BCUT2D eigenvalue weighted by Crippen LogP contribution is -2.61. The number of fused-ring (bicyclic) bond motifs is 1. The molecule has 5 N–H and O–H groups in total. The van der Waals surface area contributed by atoms with Crippen molar-refractivity contribution < 1.29 is 30.0 Å². The summed E-state index contributed by atoms with van der Waals surface area (Å²) >= 11 is 0. The van der Waals surface area contributed by atoms with Gasteiger partial charge in [0.25, 0.3) is 6.29 Å². The highest BCUT2D eigenvalue weighted by molar-refractivity contribution is 5.82. The van der Waals surface area contributed by atoms with Crippen LogP contribution in [0.3, 0.4) is 0 Å². The molecule has 148 valence electrons. The molecule has 0 spiro atoms. The standard InChI is InChI=1S/C16H23N5O6/c1-8(2)3-4-17-14-10-15(19-6-18-14)21(7-20-10)27-16-13(25)12(24)11(23)9(5-22)26-16/h3,6-7,9,11-13,16,22-25H,4-5H2,1-2H3,(H,17,18,19)/t9-,11-,12+,13-,16+/m1/s1. The van der Waals surface area contributed by atoms with Crippen LogP contribution in [0.5, 0.6) is 0 Å². The smallest absolute Gasteiger partial charge is 0.254 e. The van der Waals surface area contributed by atoms with E-state index in [9.17, 15) is 20.4 Å². The number of aromatic nitrogens is 4. The minimum absolute atomic E-state index is 0.321. The number of allylic oxidation sites excluding steroid dienone is 1. The molecule has 3 heterocycles. The van der Waals surface area contributed by atoms with Crippen LogP contribution in [0.2, 0.25) is 0 Å². The number of ether oxygens (including phenoxy) is 1. The van der Waals surface area contributed by atoms with Crippen molar-refractivity contribution in [1.29, 1.82) is 0 Å². The fraction of sp³-hybridized carbons (Fsp3) is 0.562. The third kappa shape index (κ3) is 4.01. The number of nitrogens with one attached hydrogen (secondary N) is 1. The Morgan fingerprint density at radius 2 is 2.00 bits per heavy atom. The molecule has 0 unspecified atom stereocenters. The van der Waals surface area contributed by atoms with E-state index < -0.39 is 37.3 Å². The van der Waals surface area contributed by atoms with E-state index in [0.717, 1.165) is 5.57 Å². The van der Waals surface area contributed by atoms with Gasteiger partial charge in [0.2, 0.25) is 5.65 Å². The van der Waals surface area contributed by atoms with Crippen LogP contribution in [-0.4, -0.2) is 84.0 Å². The summed E-state index contributed by atoms with van der Waals surface area (Å²) in [6.45, 7) is 3.99.